The molecule has 0 unspecified atom stereocenters. The number of ether oxygens (including phenoxy) is 1. The van der Waals surface area contributed by atoms with Gasteiger partial charge in [0.15, 0.2) is 5.78 Å². The molecule has 0 heterocycles. The van der Waals surface area contributed by atoms with Crippen molar-refractivity contribution in [1.29, 1.82) is 5.26 Å². The second kappa shape index (κ2) is 7.42. The van der Waals surface area contributed by atoms with Crippen molar-refractivity contribution in [3.8, 4) is 17.6 Å². The lowest BCUT2D eigenvalue weighted by atomic mass is 10.0. The summed E-state index contributed by atoms with van der Waals surface area (Å²) in [7, 11) is 0. The second-order valence-electron chi connectivity index (χ2n) is 4.35. The molecule has 1 aromatic carbocycles. The number of hydrogen-bond donors (Lipinski definition) is 1. The molecule has 1 rings (SSSR count). The molecule has 0 spiro atoms. The summed E-state index contributed by atoms with van der Waals surface area (Å²) in [4.78, 5) is 11.4. The summed E-state index contributed by atoms with van der Waals surface area (Å²) in [6.07, 6.45) is 2.60. The van der Waals surface area contributed by atoms with Crippen molar-refractivity contribution in [2.45, 2.75) is 39.5 Å². The molecule has 0 saturated carbocycles. The van der Waals surface area contributed by atoms with Crippen LogP contribution in [0.3, 0.4) is 0 Å². The lowest BCUT2D eigenvalue weighted by Crippen LogP contribution is -2.03. The maximum atomic E-state index is 11.4. The van der Waals surface area contributed by atoms with Crippen molar-refractivity contribution in [3.05, 3.63) is 23.3 Å². The van der Waals surface area contributed by atoms with Gasteiger partial charge in [-0.15, -0.1) is 0 Å². The van der Waals surface area contributed by atoms with Gasteiger partial charge in [-0.1, -0.05) is 13.3 Å². The summed E-state index contributed by atoms with van der Waals surface area (Å²) in [6.45, 7) is 3.86. The van der Waals surface area contributed by atoms with E-state index in [1.807, 2.05) is 6.92 Å². The normalized spacial score (nSPS) is 9.95. The number of Topliss-reactive ketones (excluding diaryl/α,β-unsaturated/α-hetero) is 1. The van der Waals surface area contributed by atoms with Crippen molar-refractivity contribution < 1.29 is 14.6 Å². The van der Waals surface area contributed by atoms with Crippen LogP contribution in [0.1, 0.15) is 49.0 Å². The van der Waals surface area contributed by atoms with Gasteiger partial charge in [-0.25, -0.2) is 0 Å². The van der Waals surface area contributed by atoms with E-state index in [9.17, 15) is 9.90 Å². The number of aromatic hydroxyl groups is 1. The first-order chi connectivity index (χ1) is 9.11. The smallest absolute Gasteiger partial charge is 0.163 e. The first-order valence-corrected chi connectivity index (χ1v) is 6.47. The van der Waals surface area contributed by atoms with Crippen LogP contribution in [0.2, 0.25) is 0 Å². The third-order valence-electron chi connectivity index (χ3n) is 2.81. The number of benzene rings is 1. The van der Waals surface area contributed by atoms with Crippen molar-refractivity contribution in [3.63, 3.8) is 0 Å². The fraction of sp³-hybridized carbons (Fsp3) is 0.467. The van der Waals surface area contributed by atoms with Crippen molar-refractivity contribution in [2.75, 3.05) is 6.61 Å². The van der Waals surface area contributed by atoms with Crippen LogP contribution in [0, 0.1) is 11.3 Å². The maximum Gasteiger partial charge on any atom is 0.163 e. The minimum Gasteiger partial charge on any atom is -0.507 e. The molecule has 0 aliphatic carbocycles. The quantitative estimate of drug-likeness (QED) is 0.604. The summed E-state index contributed by atoms with van der Waals surface area (Å²) in [5.41, 5.74) is 1.000. The molecular weight excluding hydrogens is 242 g/mol. The molecule has 1 N–H and O–H groups in total. The molecular formula is C15H19NO3. The molecule has 0 aliphatic heterocycles. The molecule has 4 heteroatoms. The van der Waals surface area contributed by atoms with Crippen LogP contribution < -0.4 is 4.74 Å². The number of carbonyl (C=O) groups is 1. The molecule has 0 radical (unpaired) electrons. The van der Waals surface area contributed by atoms with Gasteiger partial charge >= 0.3 is 0 Å². The van der Waals surface area contributed by atoms with Crippen molar-refractivity contribution >= 4 is 5.78 Å². The lowest BCUT2D eigenvalue weighted by molar-refractivity contribution is 0.101. The number of rotatable bonds is 7. The van der Waals surface area contributed by atoms with E-state index in [1.165, 1.54) is 6.92 Å². The molecule has 0 saturated heterocycles. The third kappa shape index (κ3) is 3.99. The van der Waals surface area contributed by atoms with Gasteiger partial charge in [0.2, 0.25) is 0 Å². The Morgan fingerprint density at radius 3 is 2.79 bits per heavy atom. The number of ketones is 1. The number of nitriles is 1. The zero-order valence-electron chi connectivity index (χ0n) is 11.4. The molecule has 0 aromatic heterocycles. The minimum atomic E-state index is -0.161. The Labute approximate surface area is 113 Å². The van der Waals surface area contributed by atoms with Crippen LogP contribution >= 0.6 is 0 Å². The predicted octanol–water partition coefficient (Wildman–Crippen LogP) is 3.23. The first kappa shape index (κ1) is 15.0. The lowest BCUT2D eigenvalue weighted by Gasteiger charge is -2.14. The van der Waals surface area contributed by atoms with Crippen molar-refractivity contribution in [1.82, 2.24) is 0 Å². The fourth-order valence-electron chi connectivity index (χ4n) is 1.86. The summed E-state index contributed by atoms with van der Waals surface area (Å²) < 4.78 is 5.58. The van der Waals surface area contributed by atoms with Crippen molar-refractivity contribution in [2.24, 2.45) is 0 Å². The standard InChI is InChI=1S/C15H19NO3/c1-3-6-13-14(19-10-5-4-9-16)8-7-12(11(2)17)15(13)18/h7-8,18H,3-6,10H2,1-2H3. The first-order valence-electron chi connectivity index (χ1n) is 6.47. The molecule has 19 heavy (non-hydrogen) atoms. The summed E-state index contributed by atoms with van der Waals surface area (Å²) in [5.74, 6) is 0.459. The fourth-order valence-corrected chi connectivity index (χ4v) is 1.86. The number of hydrogen-bond acceptors (Lipinski definition) is 4. The van der Waals surface area contributed by atoms with Gasteiger partial charge in [0.05, 0.1) is 18.2 Å². The zero-order chi connectivity index (χ0) is 14.3. The topological polar surface area (TPSA) is 70.3 Å². The molecule has 0 amide bonds. The van der Waals surface area contributed by atoms with Crippen LogP contribution in [0.5, 0.6) is 11.5 Å². The molecule has 4 nitrogen and oxygen atoms in total. The molecule has 0 bridgehead atoms. The van der Waals surface area contributed by atoms with Gasteiger partial charge in [-0.3, -0.25) is 4.79 Å². The Kier molecular flexibility index (Phi) is 5.87. The number of phenols is 1. The number of unbranched alkanes of at least 4 members (excludes halogenated alkanes) is 1. The Balaban J connectivity index is 2.94. The molecule has 102 valence electrons. The zero-order valence-corrected chi connectivity index (χ0v) is 11.4. The van der Waals surface area contributed by atoms with Crippen LogP contribution in [-0.2, 0) is 6.42 Å². The monoisotopic (exact) mass is 261 g/mol. The van der Waals surface area contributed by atoms with E-state index in [4.69, 9.17) is 10.00 Å². The van der Waals surface area contributed by atoms with Gasteiger partial charge in [-0.05, 0) is 31.9 Å². The van der Waals surface area contributed by atoms with E-state index in [0.29, 0.717) is 42.7 Å². The third-order valence-corrected chi connectivity index (χ3v) is 2.81. The van der Waals surface area contributed by atoms with E-state index in [2.05, 4.69) is 6.07 Å². The van der Waals surface area contributed by atoms with Crippen LogP contribution in [0.15, 0.2) is 12.1 Å². The van der Waals surface area contributed by atoms with Gasteiger partial charge in [-0.2, -0.15) is 5.26 Å². The number of nitrogens with zero attached hydrogens (tertiary/aromatic N) is 1. The van der Waals surface area contributed by atoms with Gasteiger partial charge in [0.1, 0.15) is 11.5 Å². The average molecular weight is 261 g/mol. The molecule has 0 aliphatic rings. The second-order valence-corrected chi connectivity index (χ2v) is 4.35. The average Bonchev–Trinajstić information content (AvgIpc) is 2.38. The SMILES string of the molecule is CCCc1c(OCCCC#N)ccc(C(C)=O)c1O. The predicted molar refractivity (Wildman–Crippen MR) is 72.4 cm³/mol. The highest BCUT2D eigenvalue weighted by molar-refractivity contribution is 5.97. The van der Waals surface area contributed by atoms with E-state index in [0.717, 1.165) is 6.42 Å². The largest absolute Gasteiger partial charge is 0.507 e. The molecule has 0 atom stereocenters. The molecule has 1 aromatic rings. The maximum absolute atomic E-state index is 11.4. The number of phenolic OH excluding ortho intramolecular Hbond substituents is 1. The summed E-state index contributed by atoms with van der Waals surface area (Å²) >= 11 is 0. The Morgan fingerprint density at radius 2 is 2.21 bits per heavy atom. The van der Waals surface area contributed by atoms with Gasteiger partial charge in [0, 0.05) is 12.0 Å². The Morgan fingerprint density at radius 1 is 1.47 bits per heavy atom. The Hall–Kier alpha value is -2.02. The van der Waals surface area contributed by atoms with Crippen LogP contribution in [0.4, 0.5) is 0 Å². The van der Waals surface area contributed by atoms with E-state index in [1.54, 1.807) is 12.1 Å². The number of carbonyl (C=O) groups excluding carboxylic acids is 1. The van der Waals surface area contributed by atoms with Gasteiger partial charge < -0.3 is 9.84 Å². The van der Waals surface area contributed by atoms with E-state index >= 15 is 0 Å². The highest BCUT2D eigenvalue weighted by atomic mass is 16.5. The van der Waals surface area contributed by atoms with E-state index < -0.39 is 0 Å². The summed E-state index contributed by atoms with van der Waals surface area (Å²) in [5, 5.41) is 18.6. The molecule has 0 fully saturated rings. The van der Waals surface area contributed by atoms with Gasteiger partial charge in [0.25, 0.3) is 0 Å². The Bertz CT molecular complexity index is 489. The summed E-state index contributed by atoms with van der Waals surface area (Å²) in [6, 6.07) is 5.35. The van der Waals surface area contributed by atoms with E-state index in [-0.39, 0.29) is 11.5 Å². The highest BCUT2D eigenvalue weighted by Crippen LogP contribution is 2.33. The van der Waals surface area contributed by atoms with Crippen LogP contribution in [-0.4, -0.2) is 17.5 Å². The minimum absolute atomic E-state index is 0.0205. The van der Waals surface area contributed by atoms with Crippen LogP contribution in [0.25, 0.3) is 0 Å². The highest BCUT2D eigenvalue weighted by Gasteiger charge is 2.15.